The average Bonchev–Trinajstić information content (AvgIpc) is 2.43. The molecule has 1 aliphatic heterocycles. The minimum atomic E-state index is -0.153. The predicted octanol–water partition coefficient (Wildman–Crippen LogP) is 3.72. The molecule has 1 aliphatic rings. The van der Waals surface area contributed by atoms with Crippen molar-refractivity contribution in [3.8, 4) is 5.75 Å². The number of Topliss-reactive ketones (excluding diaryl/α,β-unsaturated/α-hetero) is 1. The number of ketones is 1. The Hall–Kier alpha value is -0.770. The van der Waals surface area contributed by atoms with Crippen LogP contribution in [0.25, 0.3) is 0 Å². The first-order valence-electron chi connectivity index (χ1n) is 6.53. The van der Waals surface area contributed by atoms with Gasteiger partial charge in [0.05, 0.1) is 22.7 Å². The molecule has 0 radical (unpaired) electrons. The Balaban J connectivity index is 2.24. The van der Waals surface area contributed by atoms with Crippen molar-refractivity contribution in [1.82, 2.24) is 5.32 Å². The lowest BCUT2D eigenvalue weighted by atomic mass is 9.96. The first kappa shape index (κ1) is 14.6. The van der Waals surface area contributed by atoms with E-state index in [1.54, 1.807) is 12.1 Å². The van der Waals surface area contributed by atoms with Crippen LogP contribution in [0.5, 0.6) is 5.75 Å². The van der Waals surface area contributed by atoms with E-state index < -0.39 is 0 Å². The van der Waals surface area contributed by atoms with Gasteiger partial charge in [-0.1, -0.05) is 29.6 Å². The molecule has 1 atom stereocenters. The molecule has 104 valence electrons. The third kappa shape index (κ3) is 3.41. The van der Waals surface area contributed by atoms with Crippen LogP contribution in [0.4, 0.5) is 0 Å². The third-order valence-corrected chi connectivity index (χ3v) is 3.82. The van der Waals surface area contributed by atoms with Crippen molar-refractivity contribution >= 4 is 29.0 Å². The van der Waals surface area contributed by atoms with Gasteiger partial charge in [-0.25, -0.2) is 0 Å². The van der Waals surface area contributed by atoms with Crippen molar-refractivity contribution in [3.05, 3.63) is 27.7 Å². The summed E-state index contributed by atoms with van der Waals surface area (Å²) >= 11 is 12.3. The number of halogens is 2. The quantitative estimate of drug-likeness (QED) is 0.862. The predicted molar refractivity (Wildman–Crippen MR) is 77.6 cm³/mol. The SMILES string of the molecule is CCOc1cc(Cl)c(C(=O)C2CCCCN2)cc1Cl. The van der Waals surface area contributed by atoms with Crippen molar-refractivity contribution in [2.75, 3.05) is 13.2 Å². The van der Waals surface area contributed by atoms with Crippen molar-refractivity contribution in [2.24, 2.45) is 0 Å². The largest absolute Gasteiger partial charge is 0.492 e. The van der Waals surface area contributed by atoms with E-state index in [0.717, 1.165) is 25.8 Å². The summed E-state index contributed by atoms with van der Waals surface area (Å²) < 4.78 is 5.35. The van der Waals surface area contributed by atoms with Gasteiger partial charge in [0.2, 0.25) is 0 Å². The fraction of sp³-hybridized carbons (Fsp3) is 0.500. The van der Waals surface area contributed by atoms with Gasteiger partial charge in [-0.3, -0.25) is 4.79 Å². The van der Waals surface area contributed by atoms with Crippen LogP contribution in [0.3, 0.4) is 0 Å². The van der Waals surface area contributed by atoms with Gasteiger partial charge >= 0.3 is 0 Å². The lowest BCUT2D eigenvalue weighted by Gasteiger charge is -2.22. The van der Waals surface area contributed by atoms with E-state index in [1.807, 2.05) is 6.92 Å². The number of hydrogen-bond donors (Lipinski definition) is 1. The Morgan fingerprint density at radius 1 is 1.37 bits per heavy atom. The molecule has 1 aromatic rings. The molecule has 0 spiro atoms. The highest BCUT2D eigenvalue weighted by molar-refractivity contribution is 6.37. The number of benzene rings is 1. The molecule has 1 heterocycles. The molecule has 0 amide bonds. The van der Waals surface area contributed by atoms with Gasteiger partial charge in [-0.05, 0) is 32.4 Å². The molecule has 1 fully saturated rings. The summed E-state index contributed by atoms with van der Waals surface area (Å²) in [5.41, 5.74) is 0.467. The van der Waals surface area contributed by atoms with Crippen LogP contribution in [0, 0.1) is 0 Å². The monoisotopic (exact) mass is 301 g/mol. The van der Waals surface area contributed by atoms with E-state index in [9.17, 15) is 4.79 Å². The minimum absolute atomic E-state index is 0.00893. The van der Waals surface area contributed by atoms with Crippen LogP contribution >= 0.6 is 23.2 Å². The van der Waals surface area contributed by atoms with Crippen LogP contribution in [0.2, 0.25) is 10.0 Å². The van der Waals surface area contributed by atoms with Gasteiger partial charge in [-0.15, -0.1) is 0 Å². The summed E-state index contributed by atoms with van der Waals surface area (Å²) in [6.07, 6.45) is 3.02. The normalized spacial score (nSPS) is 19.2. The topological polar surface area (TPSA) is 38.3 Å². The molecule has 3 nitrogen and oxygen atoms in total. The van der Waals surface area contributed by atoms with Crippen molar-refractivity contribution in [1.29, 1.82) is 0 Å². The zero-order valence-corrected chi connectivity index (χ0v) is 12.4. The minimum Gasteiger partial charge on any atom is -0.492 e. The molecule has 0 aliphatic carbocycles. The van der Waals surface area contributed by atoms with Gasteiger partial charge in [0.25, 0.3) is 0 Å². The van der Waals surface area contributed by atoms with E-state index in [2.05, 4.69) is 5.32 Å². The van der Waals surface area contributed by atoms with E-state index in [-0.39, 0.29) is 11.8 Å². The number of ether oxygens (including phenoxy) is 1. The molecule has 1 saturated heterocycles. The smallest absolute Gasteiger partial charge is 0.181 e. The molecule has 0 bridgehead atoms. The molecular weight excluding hydrogens is 285 g/mol. The number of hydrogen-bond acceptors (Lipinski definition) is 3. The maximum absolute atomic E-state index is 12.4. The fourth-order valence-electron chi connectivity index (χ4n) is 2.25. The second-order valence-electron chi connectivity index (χ2n) is 4.56. The van der Waals surface area contributed by atoms with Crippen LogP contribution in [0.1, 0.15) is 36.5 Å². The molecule has 19 heavy (non-hydrogen) atoms. The summed E-state index contributed by atoms with van der Waals surface area (Å²) in [6, 6.07) is 3.07. The molecule has 1 aromatic carbocycles. The Labute approximate surface area is 123 Å². The molecule has 0 aromatic heterocycles. The summed E-state index contributed by atoms with van der Waals surface area (Å²) in [5, 5.41) is 4.04. The van der Waals surface area contributed by atoms with E-state index in [0.29, 0.717) is 28.0 Å². The number of piperidine rings is 1. The molecule has 2 rings (SSSR count). The maximum atomic E-state index is 12.4. The van der Waals surface area contributed by atoms with Gasteiger partial charge in [0.1, 0.15) is 5.75 Å². The van der Waals surface area contributed by atoms with Gasteiger partial charge in [0.15, 0.2) is 5.78 Å². The number of carbonyl (C=O) groups is 1. The first-order valence-corrected chi connectivity index (χ1v) is 7.28. The molecule has 1 N–H and O–H groups in total. The lowest BCUT2D eigenvalue weighted by Crippen LogP contribution is -2.40. The second-order valence-corrected chi connectivity index (χ2v) is 5.38. The number of rotatable bonds is 4. The molecule has 1 unspecified atom stereocenters. The third-order valence-electron chi connectivity index (χ3n) is 3.21. The highest BCUT2D eigenvalue weighted by Gasteiger charge is 2.24. The van der Waals surface area contributed by atoms with E-state index >= 15 is 0 Å². The average molecular weight is 302 g/mol. The summed E-state index contributed by atoms with van der Waals surface area (Å²) in [6.45, 7) is 3.25. The van der Waals surface area contributed by atoms with Crippen LogP contribution in [-0.2, 0) is 0 Å². The lowest BCUT2D eigenvalue weighted by molar-refractivity contribution is 0.0927. The number of nitrogens with one attached hydrogen (secondary N) is 1. The van der Waals surface area contributed by atoms with Gasteiger partial charge < -0.3 is 10.1 Å². The van der Waals surface area contributed by atoms with Crippen LogP contribution in [0.15, 0.2) is 12.1 Å². The Morgan fingerprint density at radius 3 is 2.79 bits per heavy atom. The first-order chi connectivity index (χ1) is 9.13. The number of carbonyl (C=O) groups excluding carboxylic acids is 1. The standard InChI is InChI=1S/C14H17Cl2NO2/c1-2-19-13-8-10(15)9(7-11(13)16)14(18)12-5-3-4-6-17-12/h7-8,12,17H,2-6H2,1H3. The van der Waals surface area contributed by atoms with E-state index in [4.69, 9.17) is 27.9 Å². The summed E-state index contributed by atoms with van der Waals surface area (Å²) in [4.78, 5) is 12.4. The highest BCUT2D eigenvalue weighted by Crippen LogP contribution is 2.32. The van der Waals surface area contributed by atoms with Crippen molar-refractivity contribution < 1.29 is 9.53 Å². The molecular formula is C14H17Cl2NO2. The van der Waals surface area contributed by atoms with Gasteiger partial charge in [-0.2, -0.15) is 0 Å². The van der Waals surface area contributed by atoms with Crippen molar-refractivity contribution in [3.63, 3.8) is 0 Å². The summed E-state index contributed by atoms with van der Waals surface area (Å²) in [7, 11) is 0. The van der Waals surface area contributed by atoms with Crippen LogP contribution < -0.4 is 10.1 Å². The second kappa shape index (κ2) is 6.60. The zero-order valence-electron chi connectivity index (χ0n) is 10.8. The molecule has 5 heteroatoms. The van der Waals surface area contributed by atoms with Crippen LogP contribution in [-0.4, -0.2) is 25.0 Å². The maximum Gasteiger partial charge on any atom is 0.181 e. The zero-order chi connectivity index (χ0) is 13.8. The highest BCUT2D eigenvalue weighted by atomic mass is 35.5. The Kier molecular flexibility index (Phi) is 5.08. The molecule has 0 saturated carbocycles. The Bertz CT molecular complexity index is 471. The van der Waals surface area contributed by atoms with E-state index in [1.165, 1.54) is 0 Å². The fourth-order valence-corrected chi connectivity index (χ4v) is 2.71. The summed E-state index contributed by atoms with van der Waals surface area (Å²) in [5.74, 6) is 0.525. The van der Waals surface area contributed by atoms with Gasteiger partial charge in [0, 0.05) is 11.6 Å². The Morgan fingerprint density at radius 2 is 2.16 bits per heavy atom. The van der Waals surface area contributed by atoms with Crippen molar-refractivity contribution in [2.45, 2.75) is 32.2 Å².